The fraction of sp³-hybridized carbons (Fsp3) is 0.682. The first-order valence-corrected chi connectivity index (χ1v) is 12.6. The summed E-state index contributed by atoms with van der Waals surface area (Å²) in [6, 6.07) is 5.24. The lowest BCUT2D eigenvalue weighted by molar-refractivity contribution is -0.0211. The van der Waals surface area contributed by atoms with Crippen molar-refractivity contribution in [3.63, 3.8) is 0 Å². The summed E-state index contributed by atoms with van der Waals surface area (Å²) in [6.45, 7) is 5.55. The molecule has 0 saturated carbocycles. The van der Waals surface area contributed by atoms with Gasteiger partial charge in [-0.15, -0.1) is 0 Å². The van der Waals surface area contributed by atoms with Gasteiger partial charge in [-0.05, 0) is 12.1 Å². The fourth-order valence-corrected chi connectivity index (χ4v) is 3.15. The normalized spacial score (nSPS) is 11.6. The predicted molar refractivity (Wildman–Crippen MR) is 123 cm³/mol. The minimum Gasteiger partial charge on any atom is -0.460 e. The topological polar surface area (TPSA) is 145 Å². The molecule has 12 nitrogen and oxygen atoms in total. The largest absolute Gasteiger partial charge is 0.460 e. The summed E-state index contributed by atoms with van der Waals surface area (Å²) in [6.07, 6.45) is 0. The smallest absolute Gasteiger partial charge is 0.339 e. The standard InChI is InChI=1S/C22H36O12S/c1-27-6-7-28-8-9-29-10-11-30-12-13-31-14-15-32-16-17-33-18-19-34-22(23)20-4-2-3-5-21(20)35(24,25)26/h2-5H,6-19H2,1H3,(H,24,25,26). The number of benzene rings is 1. The van der Waals surface area contributed by atoms with E-state index in [-0.39, 0.29) is 18.8 Å². The number of methoxy groups -OCH3 is 1. The monoisotopic (exact) mass is 524 g/mol. The number of rotatable bonds is 23. The average Bonchev–Trinajstić information content (AvgIpc) is 2.84. The van der Waals surface area contributed by atoms with Gasteiger partial charge in [-0.1, -0.05) is 12.1 Å². The number of hydrogen-bond acceptors (Lipinski definition) is 11. The van der Waals surface area contributed by atoms with Crippen LogP contribution >= 0.6 is 0 Å². The predicted octanol–water partition coefficient (Wildman–Crippen LogP) is 0.836. The van der Waals surface area contributed by atoms with Crippen molar-refractivity contribution in [1.82, 2.24) is 0 Å². The number of hydrogen-bond donors (Lipinski definition) is 1. The lowest BCUT2D eigenvalue weighted by atomic mass is 10.2. The van der Waals surface area contributed by atoms with E-state index in [2.05, 4.69) is 0 Å². The van der Waals surface area contributed by atoms with Crippen molar-refractivity contribution in [2.45, 2.75) is 4.90 Å². The molecule has 0 atom stereocenters. The van der Waals surface area contributed by atoms with E-state index in [0.29, 0.717) is 79.3 Å². The molecule has 0 fully saturated rings. The molecule has 0 saturated heterocycles. The summed E-state index contributed by atoms with van der Waals surface area (Å²) in [4.78, 5) is 11.5. The van der Waals surface area contributed by atoms with Crippen LogP contribution in [0.1, 0.15) is 10.4 Å². The third kappa shape index (κ3) is 16.6. The third-order valence-corrected chi connectivity index (χ3v) is 5.05. The van der Waals surface area contributed by atoms with Gasteiger partial charge in [0.1, 0.15) is 11.5 Å². The number of ether oxygens (including phenoxy) is 8. The van der Waals surface area contributed by atoms with Gasteiger partial charge in [-0.3, -0.25) is 4.55 Å². The highest BCUT2D eigenvalue weighted by Gasteiger charge is 2.20. The molecule has 1 aromatic rings. The molecular weight excluding hydrogens is 488 g/mol. The van der Waals surface area contributed by atoms with Crippen LogP contribution in [0.15, 0.2) is 29.2 Å². The first-order chi connectivity index (χ1) is 17.0. The molecular formula is C22H36O12S. The van der Waals surface area contributed by atoms with Gasteiger partial charge in [-0.2, -0.15) is 8.42 Å². The first kappa shape index (κ1) is 31.4. The Balaban J connectivity index is 1.86. The highest BCUT2D eigenvalue weighted by atomic mass is 32.2. The number of esters is 1. The summed E-state index contributed by atoms with van der Waals surface area (Å²) < 4.78 is 73.6. The van der Waals surface area contributed by atoms with Crippen molar-refractivity contribution in [3.8, 4) is 0 Å². The van der Waals surface area contributed by atoms with Crippen molar-refractivity contribution >= 4 is 16.1 Å². The number of carbonyl (C=O) groups is 1. The molecule has 0 radical (unpaired) electrons. The van der Waals surface area contributed by atoms with Crippen LogP contribution in [-0.2, 0) is 48.0 Å². The molecule has 0 spiro atoms. The zero-order valence-corrected chi connectivity index (χ0v) is 20.9. The Morgan fingerprint density at radius 2 is 1.03 bits per heavy atom. The molecule has 0 aliphatic heterocycles. The van der Waals surface area contributed by atoms with E-state index >= 15 is 0 Å². The molecule has 1 aromatic carbocycles. The molecule has 0 amide bonds. The Morgan fingerprint density at radius 3 is 1.43 bits per heavy atom. The molecule has 0 unspecified atom stereocenters. The Hall–Kier alpha value is -1.68. The summed E-state index contributed by atoms with van der Waals surface area (Å²) in [5.41, 5.74) is -0.239. The van der Waals surface area contributed by atoms with Crippen molar-refractivity contribution in [2.75, 3.05) is 99.6 Å². The lowest BCUT2D eigenvalue weighted by Crippen LogP contribution is -2.16. The maximum Gasteiger partial charge on any atom is 0.339 e. The molecule has 35 heavy (non-hydrogen) atoms. The van der Waals surface area contributed by atoms with E-state index in [0.717, 1.165) is 6.07 Å². The second-order valence-corrected chi connectivity index (χ2v) is 8.16. The lowest BCUT2D eigenvalue weighted by Gasteiger charge is -2.09. The second-order valence-electron chi connectivity index (χ2n) is 6.77. The van der Waals surface area contributed by atoms with Crippen LogP contribution in [0, 0.1) is 0 Å². The van der Waals surface area contributed by atoms with Crippen LogP contribution in [0.25, 0.3) is 0 Å². The minimum absolute atomic E-state index is 0.0744. The molecule has 13 heteroatoms. The summed E-state index contributed by atoms with van der Waals surface area (Å²) >= 11 is 0. The van der Waals surface area contributed by atoms with E-state index in [9.17, 15) is 13.2 Å². The van der Waals surface area contributed by atoms with Gasteiger partial charge >= 0.3 is 5.97 Å². The van der Waals surface area contributed by atoms with Gasteiger partial charge in [-0.25, -0.2) is 4.79 Å². The van der Waals surface area contributed by atoms with Crippen molar-refractivity contribution < 1.29 is 55.7 Å². The van der Waals surface area contributed by atoms with E-state index in [4.69, 9.17) is 42.4 Å². The van der Waals surface area contributed by atoms with Crippen LogP contribution in [0.3, 0.4) is 0 Å². The molecule has 0 aliphatic rings. The molecule has 1 rings (SSSR count). The SMILES string of the molecule is COCCOCCOCCOCCOCCOCCOCCOC(=O)c1ccccc1S(=O)(=O)O. The van der Waals surface area contributed by atoms with E-state index in [1.807, 2.05) is 0 Å². The minimum atomic E-state index is -4.52. The molecule has 0 aliphatic carbocycles. The Kier molecular flexibility index (Phi) is 18.4. The Bertz CT molecular complexity index is 771. The van der Waals surface area contributed by atoms with Gasteiger partial charge < -0.3 is 37.9 Å². The van der Waals surface area contributed by atoms with Crippen LogP contribution in [0.2, 0.25) is 0 Å². The summed E-state index contributed by atoms with van der Waals surface area (Å²) in [5, 5.41) is 0. The van der Waals surface area contributed by atoms with E-state index in [1.165, 1.54) is 18.2 Å². The fourth-order valence-electron chi connectivity index (χ4n) is 2.48. The highest BCUT2D eigenvalue weighted by Crippen LogP contribution is 2.15. The maximum absolute atomic E-state index is 12.0. The van der Waals surface area contributed by atoms with Gasteiger partial charge in [0.15, 0.2) is 0 Å². The van der Waals surface area contributed by atoms with Crippen LogP contribution < -0.4 is 0 Å². The van der Waals surface area contributed by atoms with Crippen LogP contribution in [-0.4, -0.2) is 119 Å². The first-order valence-electron chi connectivity index (χ1n) is 11.2. The molecule has 0 heterocycles. The number of carbonyl (C=O) groups excluding carboxylic acids is 1. The third-order valence-electron chi connectivity index (χ3n) is 4.14. The van der Waals surface area contributed by atoms with Crippen molar-refractivity contribution in [2.24, 2.45) is 0 Å². The zero-order chi connectivity index (χ0) is 25.6. The quantitative estimate of drug-likeness (QED) is 0.123. The second kappa shape index (κ2) is 20.5. The summed E-state index contributed by atoms with van der Waals surface area (Å²) in [7, 11) is -2.90. The van der Waals surface area contributed by atoms with Crippen LogP contribution in [0.5, 0.6) is 0 Å². The highest BCUT2D eigenvalue weighted by molar-refractivity contribution is 7.86. The van der Waals surface area contributed by atoms with E-state index in [1.54, 1.807) is 7.11 Å². The molecule has 0 aromatic heterocycles. The van der Waals surface area contributed by atoms with Crippen LogP contribution in [0.4, 0.5) is 0 Å². The zero-order valence-electron chi connectivity index (χ0n) is 20.1. The summed E-state index contributed by atoms with van der Waals surface area (Å²) in [5.74, 6) is -0.866. The van der Waals surface area contributed by atoms with Gasteiger partial charge in [0.2, 0.25) is 0 Å². The Labute approximate surface area is 206 Å². The molecule has 1 N–H and O–H groups in total. The average molecular weight is 525 g/mol. The molecule has 0 bridgehead atoms. The van der Waals surface area contributed by atoms with Gasteiger partial charge in [0.05, 0.1) is 91.5 Å². The maximum atomic E-state index is 12.0. The molecule has 202 valence electrons. The van der Waals surface area contributed by atoms with Crippen molar-refractivity contribution in [1.29, 1.82) is 0 Å². The van der Waals surface area contributed by atoms with E-state index < -0.39 is 21.0 Å². The Morgan fingerprint density at radius 1 is 0.657 bits per heavy atom. The van der Waals surface area contributed by atoms with Gasteiger partial charge in [0.25, 0.3) is 10.1 Å². The van der Waals surface area contributed by atoms with Gasteiger partial charge in [0, 0.05) is 7.11 Å². The van der Waals surface area contributed by atoms with Crippen molar-refractivity contribution in [3.05, 3.63) is 29.8 Å².